The maximum absolute atomic E-state index is 2.85. The molecule has 2 nitrogen and oxygen atoms in total. The van der Waals surface area contributed by atoms with Gasteiger partial charge in [-0.3, -0.25) is 0 Å². The van der Waals surface area contributed by atoms with E-state index in [1.807, 2.05) is 0 Å². The molecule has 0 aromatic heterocycles. The first-order valence-electron chi connectivity index (χ1n) is 10.6. The Morgan fingerprint density at radius 1 is 0.423 bits per heavy atom. The minimum absolute atomic E-state index is 0.542. The van der Waals surface area contributed by atoms with E-state index >= 15 is 0 Å². The second-order valence-corrected chi connectivity index (χ2v) is 20.7. The minimum Gasteiger partial charge on any atom is -0.373 e. The van der Waals surface area contributed by atoms with Crippen LogP contribution in [-0.4, -0.2) is 25.6 Å². The quantitative estimate of drug-likeness (QED) is 0.435. The lowest BCUT2D eigenvalue weighted by molar-refractivity contribution is 0.347. The van der Waals surface area contributed by atoms with Gasteiger partial charge in [-0.2, -0.15) is 0 Å². The summed E-state index contributed by atoms with van der Waals surface area (Å²) in [5, 5.41) is 0. The van der Waals surface area contributed by atoms with Crippen molar-refractivity contribution >= 4 is 16.5 Å². The van der Waals surface area contributed by atoms with Crippen LogP contribution in [0.5, 0.6) is 0 Å². The Hall–Kier alpha value is -0.486. The number of hydrogen-bond acceptors (Lipinski definition) is 2. The van der Waals surface area contributed by atoms with Crippen molar-refractivity contribution in [3.63, 3.8) is 0 Å². The van der Waals surface area contributed by atoms with Crippen molar-refractivity contribution in [2.75, 3.05) is 0 Å². The standard InChI is InChI=1S/C22H46N2Si2/c1-15(2)19-20(16(3)4)24(26(12,13)14)22(18(7)8)21(17(5)6)23(19)25(9,10)11/h15-18H,1-14H3. The van der Waals surface area contributed by atoms with Crippen LogP contribution in [-0.2, 0) is 0 Å². The average Bonchev–Trinajstić information content (AvgIpc) is 2.41. The Balaban J connectivity index is 4.08. The van der Waals surface area contributed by atoms with Gasteiger partial charge in [0.2, 0.25) is 0 Å². The number of allylic oxidation sites excluding steroid dienone is 4. The van der Waals surface area contributed by atoms with Gasteiger partial charge in [-0.05, 0) is 23.7 Å². The lowest BCUT2D eigenvalue weighted by Gasteiger charge is -2.56. The van der Waals surface area contributed by atoms with Crippen molar-refractivity contribution < 1.29 is 0 Å². The van der Waals surface area contributed by atoms with Crippen LogP contribution in [0, 0.1) is 23.7 Å². The van der Waals surface area contributed by atoms with Crippen molar-refractivity contribution in [2.24, 2.45) is 23.7 Å². The van der Waals surface area contributed by atoms with Crippen molar-refractivity contribution in [1.29, 1.82) is 0 Å². The molecule has 0 saturated heterocycles. The molecule has 1 aliphatic heterocycles. The Labute approximate surface area is 166 Å². The van der Waals surface area contributed by atoms with Crippen molar-refractivity contribution in [3.8, 4) is 0 Å². The van der Waals surface area contributed by atoms with Gasteiger partial charge in [0, 0.05) is 22.8 Å². The molecule has 0 aromatic carbocycles. The summed E-state index contributed by atoms with van der Waals surface area (Å²) in [5.41, 5.74) is 6.42. The molecule has 0 fully saturated rings. The van der Waals surface area contributed by atoms with Gasteiger partial charge in [0.25, 0.3) is 0 Å². The lowest BCUT2D eigenvalue weighted by Crippen LogP contribution is -2.57. The van der Waals surface area contributed by atoms with Crippen LogP contribution in [0.25, 0.3) is 0 Å². The molecule has 0 saturated carbocycles. The molecule has 1 aliphatic rings. The summed E-state index contributed by atoms with van der Waals surface area (Å²) in [4.78, 5) is 0. The van der Waals surface area contributed by atoms with Gasteiger partial charge in [-0.15, -0.1) is 0 Å². The van der Waals surface area contributed by atoms with E-state index in [0.29, 0.717) is 23.7 Å². The van der Waals surface area contributed by atoms with E-state index in [9.17, 15) is 0 Å². The highest BCUT2D eigenvalue weighted by molar-refractivity contribution is 6.75. The van der Waals surface area contributed by atoms with E-state index in [1.54, 1.807) is 22.8 Å². The van der Waals surface area contributed by atoms with E-state index in [-0.39, 0.29) is 0 Å². The van der Waals surface area contributed by atoms with Gasteiger partial charge >= 0.3 is 0 Å². The monoisotopic (exact) mass is 394 g/mol. The molecule has 4 heteroatoms. The van der Waals surface area contributed by atoms with Crippen molar-refractivity contribution in [3.05, 3.63) is 22.8 Å². The summed E-state index contributed by atoms with van der Waals surface area (Å²) in [5.74, 6) is 2.17. The van der Waals surface area contributed by atoms with Crippen LogP contribution in [0.3, 0.4) is 0 Å². The summed E-state index contributed by atoms with van der Waals surface area (Å²) in [6, 6.07) is 0. The Kier molecular flexibility index (Phi) is 7.12. The Morgan fingerprint density at radius 2 is 0.577 bits per heavy atom. The normalized spacial score (nSPS) is 17.8. The lowest BCUT2D eigenvalue weighted by atomic mass is 9.92. The Bertz CT molecular complexity index is 482. The third-order valence-corrected chi connectivity index (χ3v) is 8.66. The highest BCUT2D eigenvalue weighted by atomic mass is 28.3. The molecule has 0 spiro atoms. The molecule has 0 aliphatic carbocycles. The van der Waals surface area contributed by atoms with E-state index in [2.05, 4.69) is 104 Å². The van der Waals surface area contributed by atoms with E-state index in [1.165, 1.54) is 0 Å². The smallest absolute Gasteiger partial charge is 0.152 e. The molecule has 1 rings (SSSR count). The van der Waals surface area contributed by atoms with Crippen molar-refractivity contribution in [2.45, 2.75) is 94.7 Å². The molecule has 0 aromatic rings. The van der Waals surface area contributed by atoms with Crippen LogP contribution in [0.4, 0.5) is 0 Å². The summed E-state index contributed by atoms with van der Waals surface area (Å²) < 4.78 is 5.70. The summed E-state index contributed by atoms with van der Waals surface area (Å²) in [6.07, 6.45) is 0. The first-order valence-corrected chi connectivity index (χ1v) is 17.5. The molecule has 0 bridgehead atoms. The average molecular weight is 395 g/mol. The maximum Gasteiger partial charge on any atom is 0.152 e. The van der Waals surface area contributed by atoms with Crippen LogP contribution < -0.4 is 0 Å². The van der Waals surface area contributed by atoms with Crippen LogP contribution in [0.1, 0.15) is 55.4 Å². The molecule has 1 heterocycles. The molecule has 152 valence electrons. The Morgan fingerprint density at radius 3 is 0.654 bits per heavy atom. The summed E-state index contributed by atoms with van der Waals surface area (Å²) in [6.45, 7) is 34.2. The van der Waals surface area contributed by atoms with Gasteiger partial charge < -0.3 is 9.13 Å². The molecule has 0 atom stereocenters. The second kappa shape index (κ2) is 7.86. The molecular weight excluding hydrogens is 348 g/mol. The van der Waals surface area contributed by atoms with Gasteiger partial charge in [-0.1, -0.05) is 94.7 Å². The van der Waals surface area contributed by atoms with Gasteiger partial charge in [0.1, 0.15) is 0 Å². The van der Waals surface area contributed by atoms with Crippen LogP contribution in [0.15, 0.2) is 22.8 Å². The van der Waals surface area contributed by atoms with Gasteiger partial charge in [0.05, 0.1) is 0 Å². The summed E-state index contributed by atoms with van der Waals surface area (Å²) in [7, 11) is -3.13. The third-order valence-electron chi connectivity index (χ3n) is 5.02. The van der Waals surface area contributed by atoms with Gasteiger partial charge in [0.15, 0.2) is 16.5 Å². The molecular formula is C22H46N2Si2. The number of hydrogen-bond donors (Lipinski definition) is 0. The van der Waals surface area contributed by atoms with E-state index in [0.717, 1.165) is 0 Å². The predicted octanol–water partition coefficient (Wildman–Crippen LogP) is 7.32. The van der Waals surface area contributed by atoms with Gasteiger partial charge in [-0.25, -0.2) is 0 Å². The molecule has 0 N–H and O–H groups in total. The largest absolute Gasteiger partial charge is 0.373 e. The fourth-order valence-electron chi connectivity index (χ4n) is 4.38. The van der Waals surface area contributed by atoms with E-state index < -0.39 is 16.5 Å². The first kappa shape index (κ1) is 23.6. The topological polar surface area (TPSA) is 6.48 Å². The maximum atomic E-state index is 2.85. The zero-order valence-electron chi connectivity index (χ0n) is 20.2. The molecule has 0 unspecified atom stereocenters. The predicted molar refractivity (Wildman–Crippen MR) is 124 cm³/mol. The number of nitrogens with zero attached hydrogens (tertiary/aromatic N) is 2. The zero-order valence-corrected chi connectivity index (χ0v) is 22.2. The highest BCUT2D eigenvalue weighted by Gasteiger charge is 2.44. The SMILES string of the molecule is CC(C)C1=C(C(C)C)N([Si](C)(C)C)C(C(C)C)=C(C(C)C)N1[Si](C)(C)C. The van der Waals surface area contributed by atoms with E-state index in [4.69, 9.17) is 0 Å². The molecule has 0 amide bonds. The fraction of sp³-hybridized carbons (Fsp3) is 0.818. The third kappa shape index (κ3) is 4.49. The summed E-state index contributed by atoms with van der Waals surface area (Å²) >= 11 is 0. The van der Waals surface area contributed by atoms with Crippen molar-refractivity contribution in [1.82, 2.24) is 9.13 Å². The molecule has 0 radical (unpaired) electrons. The minimum atomic E-state index is -1.57. The second-order valence-electron chi connectivity index (χ2n) is 11.2. The number of rotatable bonds is 6. The molecule has 26 heavy (non-hydrogen) atoms. The van der Waals surface area contributed by atoms with Crippen LogP contribution >= 0.6 is 0 Å². The zero-order chi connectivity index (χ0) is 20.8. The fourth-order valence-corrected chi connectivity index (χ4v) is 8.76. The first-order chi connectivity index (χ1) is 11.5. The highest BCUT2D eigenvalue weighted by Crippen LogP contribution is 2.47. The van der Waals surface area contributed by atoms with Crippen LogP contribution in [0.2, 0.25) is 39.3 Å².